The SMILES string of the molecule is Cl.NNc1nc(-c2cccs2)ns1. The highest BCUT2D eigenvalue weighted by Gasteiger charge is 2.05. The third kappa shape index (κ3) is 2.16. The van der Waals surface area contributed by atoms with Gasteiger partial charge in [0.05, 0.1) is 4.88 Å². The van der Waals surface area contributed by atoms with Gasteiger partial charge >= 0.3 is 0 Å². The summed E-state index contributed by atoms with van der Waals surface area (Å²) in [6.45, 7) is 0. The molecule has 0 unspecified atom stereocenters. The lowest BCUT2D eigenvalue weighted by Gasteiger charge is -1.86. The number of rotatable bonds is 2. The van der Waals surface area contributed by atoms with Crippen LogP contribution in [-0.2, 0) is 0 Å². The van der Waals surface area contributed by atoms with Crippen molar-refractivity contribution >= 4 is 40.4 Å². The van der Waals surface area contributed by atoms with Crippen LogP contribution in [0.4, 0.5) is 5.13 Å². The van der Waals surface area contributed by atoms with E-state index in [1.807, 2.05) is 17.5 Å². The number of thiophene rings is 1. The molecule has 2 rings (SSSR count). The minimum Gasteiger partial charge on any atom is -0.299 e. The van der Waals surface area contributed by atoms with E-state index in [9.17, 15) is 0 Å². The Morgan fingerprint density at radius 2 is 2.31 bits per heavy atom. The molecule has 2 aromatic heterocycles. The Morgan fingerprint density at radius 3 is 2.85 bits per heavy atom. The summed E-state index contributed by atoms with van der Waals surface area (Å²) in [5, 5.41) is 2.63. The van der Waals surface area contributed by atoms with Crippen molar-refractivity contribution in [3.8, 4) is 10.7 Å². The van der Waals surface area contributed by atoms with Crippen molar-refractivity contribution in [2.45, 2.75) is 0 Å². The first-order valence-electron chi connectivity index (χ1n) is 3.24. The number of hydrazine groups is 1. The second-order valence-corrected chi connectivity index (χ2v) is 3.74. The molecular formula is C6H7ClN4S2. The zero-order chi connectivity index (χ0) is 8.39. The number of aromatic nitrogens is 2. The molecule has 7 heteroatoms. The van der Waals surface area contributed by atoms with Crippen LogP contribution in [0.3, 0.4) is 0 Å². The molecular weight excluding hydrogens is 228 g/mol. The number of nitrogens with zero attached hydrogens (tertiary/aromatic N) is 2. The van der Waals surface area contributed by atoms with Crippen molar-refractivity contribution in [3.05, 3.63) is 17.5 Å². The molecule has 0 bridgehead atoms. The predicted octanol–water partition coefficient (Wildman–Crippen LogP) is 1.97. The van der Waals surface area contributed by atoms with Crippen LogP contribution in [0.25, 0.3) is 10.7 Å². The first kappa shape index (κ1) is 10.4. The Balaban J connectivity index is 0.000000845. The highest BCUT2D eigenvalue weighted by atomic mass is 35.5. The molecule has 13 heavy (non-hydrogen) atoms. The maximum atomic E-state index is 5.18. The third-order valence-corrected chi connectivity index (χ3v) is 2.80. The zero-order valence-corrected chi connectivity index (χ0v) is 8.88. The molecule has 0 aliphatic rings. The molecule has 2 aromatic rings. The van der Waals surface area contributed by atoms with Crippen molar-refractivity contribution in [1.82, 2.24) is 9.36 Å². The maximum Gasteiger partial charge on any atom is 0.217 e. The Kier molecular flexibility index (Phi) is 3.61. The number of hydrogen-bond acceptors (Lipinski definition) is 6. The standard InChI is InChI=1S/C6H6N4S2.ClH/c7-9-6-8-5(10-12-6)4-2-1-3-11-4;/h1-3H,7H2,(H,8,9,10);1H. The van der Waals surface area contributed by atoms with Crippen molar-refractivity contribution in [2.75, 3.05) is 5.43 Å². The van der Waals surface area contributed by atoms with Gasteiger partial charge in [0.15, 0.2) is 5.82 Å². The molecule has 0 saturated carbocycles. The van der Waals surface area contributed by atoms with Crippen LogP contribution in [0.2, 0.25) is 0 Å². The number of anilines is 1. The molecule has 0 saturated heterocycles. The largest absolute Gasteiger partial charge is 0.299 e. The number of halogens is 1. The van der Waals surface area contributed by atoms with E-state index in [0.717, 1.165) is 10.7 Å². The Labute approximate surface area is 89.4 Å². The number of nitrogens with one attached hydrogen (secondary N) is 1. The summed E-state index contributed by atoms with van der Waals surface area (Å²) in [6, 6.07) is 3.95. The smallest absolute Gasteiger partial charge is 0.217 e. The predicted molar refractivity (Wildman–Crippen MR) is 58.3 cm³/mol. The van der Waals surface area contributed by atoms with E-state index in [2.05, 4.69) is 14.8 Å². The van der Waals surface area contributed by atoms with Gasteiger partial charge in [-0.05, 0) is 11.4 Å². The lowest BCUT2D eigenvalue weighted by molar-refractivity contribution is 1.27. The van der Waals surface area contributed by atoms with Crippen LogP contribution >= 0.6 is 35.3 Å². The van der Waals surface area contributed by atoms with Crippen molar-refractivity contribution < 1.29 is 0 Å². The van der Waals surface area contributed by atoms with E-state index >= 15 is 0 Å². The summed E-state index contributed by atoms with van der Waals surface area (Å²) < 4.78 is 4.13. The molecule has 0 atom stereocenters. The average Bonchev–Trinajstić information content (AvgIpc) is 2.75. The van der Waals surface area contributed by atoms with E-state index < -0.39 is 0 Å². The molecule has 0 aliphatic heterocycles. The fourth-order valence-corrected chi connectivity index (χ4v) is 2.00. The van der Waals surface area contributed by atoms with Crippen molar-refractivity contribution in [2.24, 2.45) is 5.84 Å². The minimum atomic E-state index is 0. The van der Waals surface area contributed by atoms with Gasteiger partial charge in [-0.1, -0.05) is 6.07 Å². The molecule has 0 aromatic carbocycles. The summed E-state index contributed by atoms with van der Waals surface area (Å²) in [7, 11) is 0. The second-order valence-electron chi connectivity index (χ2n) is 2.04. The summed E-state index contributed by atoms with van der Waals surface area (Å²) in [5.74, 6) is 5.92. The van der Waals surface area contributed by atoms with Gasteiger partial charge < -0.3 is 0 Å². The molecule has 0 radical (unpaired) electrons. The summed E-state index contributed by atoms with van der Waals surface area (Å²) in [4.78, 5) is 5.22. The van der Waals surface area contributed by atoms with E-state index in [1.165, 1.54) is 11.5 Å². The van der Waals surface area contributed by atoms with Gasteiger partial charge in [-0.3, -0.25) is 5.43 Å². The second kappa shape index (κ2) is 4.52. The van der Waals surface area contributed by atoms with E-state index in [0.29, 0.717) is 5.13 Å². The molecule has 70 valence electrons. The molecule has 0 spiro atoms. The Bertz CT molecular complexity index is 358. The molecule has 0 fully saturated rings. The van der Waals surface area contributed by atoms with Gasteiger partial charge in [-0.25, -0.2) is 5.84 Å². The fourth-order valence-electron chi connectivity index (χ4n) is 0.788. The van der Waals surface area contributed by atoms with Crippen LogP contribution in [0.5, 0.6) is 0 Å². The Hall–Kier alpha value is -0.690. The molecule has 2 heterocycles. The summed E-state index contributed by atoms with van der Waals surface area (Å²) in [5.41, 5.74) is 2.46. The third-order valence-electron chi connectivity index (χ3n) is 1.29. The first-order valence-corrected chi connectivity index (χ1v) is 4.89. The van der Waals surface area contributed by atoms with Gasteiger partial charge in [-0.2, -0.15) is 9.36 Å². The number of nitrogens with two attached hydrogens (primary N) is 1. The molecule has 4 nitrogen and oxygen atoms in total. The van der Waals surface area contributed by atoms with Gasteiger partial charge in [-0.15, -0.1) is 23.7 Å². The van der Waals surface area contributed by atoms with Crippen LogP contribution in [0, 0.1) is 0 Å². The normalized spacial score (nSPS) is 9.31. The van der Waals surface area contributed by atoms with Crippen molar-refractivity contribution in [1.29, 1.82) is 0 Å². The van der Waals surface area contributed by atoms with Gasteiger partial charge in [0.25, 0.3) is 0 Å². The van der Waals surface area contributed by atoms with Crippen molar-refractivity contribution in [3.63, 3.8) is 0 Å². The van der Waals surface area contributed by atoms with E-state index in [-0.39, 0.29) is 12.4 Å². The zero-order valence-electron chi connectivity index (χ0n) is 6.43. The van der Waals surface area contributed by atoms with Gasteiger partial charge in [0.1, 0.15) is 0 Å². The highest BCUT2D eigenvalue weighted by Crippen LogP contribution is 2.24. The summed E-state index contributed by atoms with van der Waals surface area (Å²) in [6.07, 6.45) is 0. The minimum absolute atomic E-state index is 0. The lowest BCUT2D eigenvalue weighted by Crippen LogP contribution is -2.05. The van der Waals surface area contributed by atoms with Gasteiger partial charge in [0.2, 0.25) is 5.13 Å². The topological polar surface area (TPSA) is 63.8 Å². The molecule has 0 amide bonds. The average molecular weight is 235 g/mol. The highest BCUT2D eigenvalue weighted by molar-refractivity contribution is 7.14. The maximum absolute atomic E-state index is 5.18. The van der Waals surface area contributed by atoms with E-state index in [4.69, 9.17) is 5.84 Å². The molecule has 0 aliphatic carbocycles. The first-order chi connectivity index (χ1) is 5.90. The fraction of sp³-hybridized carbons (Fsp3) is 0. The lowest BCUT2D eigenvalue weighted by atomic mass is 10.4. The quantitative estimate of drug-likeness (QED) is 0.616. The van der Waals surface area contributed by atoms with Gasteiger partial charge in [0, 0.05) is 11.5 Å². The van der Waals surface area contributed by atoms with Crippen LogP contribution < -0.4 is 11.3 Å². The van der Waals surface area contributed by atoms with Crippen LogP contribution in [-0.4, -0.2) is 9.36 Å². The molecule has 3 N–H and O–H groups in total. The monoisotopic (exact) mass is 234 g/mol. The Morgan fingerprint density at radius 1 is 1.46 bits per heavy atom. The van der Waals surface area contributed by atoms with Crippen LogP contribution in [0.15, 0.2) is 17.5 Å². The number of nitrogen functional groups attached to an aromatic ring is 1. The van der Waals surface area contributed by atoms with E-state index in [1.54, 1.807) is 11.3 Å². The summed E-state index contributed by atoms with van der Waals surface area (Å²) >= 11 is 2.87. The van der Waals surface area contributed by atoms with Crippen LogP contribution in [0.1, 0.15) is 0 Å². The number of hydrogen-bond donors (Lipinski definition) is 2.